The third-order valence-electron chi connectivity index (χ3n) is 2.18. The molecule has 1 aromatic heterocycles. The van der Waals surface area contributed by atoms with E-state index in [9.17, 15) is 12.9 Å². The Morgan fingerprint density at radius 3 is 2.44 bits per heavy atom. The third kappa shape index (κ3) is 2.48. The molecule has 0 aliphatic carbocycles. The van der Waals surface area contributed by atoms with Crippen LogP contribution >= 0.6 is 0 Å². The fraction of sp³-hybridized carbons (Fsp3) is 0.111. The van der Waals surface area contributed by atoms with Crippen molar-refractivity contribution in [3.8, 4) is 5.75 Å². The molecule has 0 N–H and O–H groups in total. The first-order chi connectivity index (χ1) is 7.04. The van der Waals surface area contributed by atoms with Crippen molar-refractivity contribution in [1.82, 2.24) is 0 Å². The number of ether oxygens (including phenoxy) is 1. The van der Waals surface area contributed by atoms with E-state index in [1.807, 2.05) is 0 Å². The zero-order valence-electron chi connectivity index (χ0n) is 8.84. The smallest absolute Gasteiger partial charge is 0.496 e. The summed E-state index contributed by atoms with van der Waals surface area (Å²) in [5.41, 5.74) is -0.891. The molecule has 0 unspecified atom stereocenters. The van der Waals surface area contributed by atoms with Gasteiger partial charge in [-0.1, -0.05) is 11.5 Å². The van der Waals surface area contributed by atoms with Gasteiger partial charge in [0.15, 0.2) is 0 Å². The summed E-state index contributed by atoms with van der Waals surface area (Å²) in [7, 11) is 1.40. The van der Waals surface area contributed by atoms with Gasteiger partial charge in [0.2, 0.25) is 0 Å². The molecular weight excluding hydrogens is 247 g/mol. The Morgan fingerprint density at radius 1 is 1.19 bits per heavy atom. The maximum Gasteiger partial charge on any atom is 1.00 e. The van der Waals surface area contributed by atoms with E-state index in [1.165, 1.54) is 25.5 Å². The standard InChI is InChI=1S/C9H7BF3O2.K/c1-14-8-3-2-7(10(11,12)13)9-6(8)4-5-15-9;/h2-5H,1H3;/q-1;+1. The molecule has 0 amide bonds. The van der Waals surface area contributed by atoms with Crippen molar-refractivity contribution in [2.45, 2.75) is 0 Å². The van der Waals surface area contributed by atoms with Gasteiger partial charge >= 0.3 is 58.4 Å². The molecule has 0 spiro atoms. The van der Waals surface area contributed by atoms with Crippen LogP contribution in [0.1, 0.15) is 0 Å². The van der Waals surface area contributed by atoms with Gasteiger partial charge < -0.3 is 22.1 Å². The molecule has 0 fully saturated rings. The first kappa shape index (κ1) is 14.1. The molecule has 2 aromatic rings. The minimum absolute atomic E-state index is 0. The summed E-state index contributed by atoms with van der Waals surface area (Å²) in [6.07, 6.45) is 1.22. The summed E-state index contributed by atoms with van der Waals surface area (Å²) in [6, 6.07) is 3.73. The number of methoxy groups -OCH3 is 1. The second-order valence-corrected chi connectivity index (χ2v) is 3.10. The van der Waals surface area contributed by atoms with Gasteiger partial charge in [0.25, 0.3) is 0 Å². The van der Waals surface area contributed by atoms with E-state index in [2.05, 4.69) is 0 Å². The average Bonchev–Trinajstić information content (AvgIpc) is 2.62. The minimum Gasteiger partial charge on any atom is -0.496 e. The van der Waals surface area contributed by atoms with Crippen molar-refractivity contribution < 1.29 is 73.5 Å². The molecular formula is C9H7BF3KO2. The summed E-state index contributed by atoms with van der Waals surface area (Å²) >= 11 is 0. The number of rotatable bonds is 2. The number of hydrogen-bond acceptors (Lipinski definition) is 2. The Morgan fingerprint density at radius 2 is 1.88 bits per heavy atom. The van der Waals surface area contributed by atoms with Crippen LogP contribution in [0, 0.1) is 0 Å². The van der Waals surface area contributed by atoms with E-state index in [0.717, 1.165) is 6.07 Å². The van der Waals surface area contributed by atoms with E-state index in [0.29, 0.717) is 11.1 Å². The van der Waals surface area contributed by atoms with E-state index in [-0.39, 0.29) is 57.0 Å². The van der Waals surface area contributed by atoms with E-state index < -0.39 is 12.4 Å². The predicted octanol–water partition coefficient (Wildman–Crippen LogP) is -0.500. The molecule has 1 heterocycles. The number of fused-ring (bicyclic) bond motifs is 1. The van der Waals surface area contributed by atoms with Crippen LogP contribution in [0.3, 0.4) is 0 Å². The summed E-state index contributed by atoms with van der Waals surface area (Å²) in [5, 5.41) is 0.342. The molecule has 0 bridgehead atoms. The van der Waals surface area contributed by atoms with E-state index >= 15 is 0 Å². The Balaban J connectivity index is 0.00000128. The Labute approximate surface area is 133 Å². The van der Waals surface area contributed by atoms with E-state index in [4.69, 9.17) is 9.15 Å². The molecule has 0 aliphatic rings. The van der Waals surface area contributed by atoms with Crippen LogP contribution in [-0.4, -0.2) is 14.1 Å². The number of furan rings is 1. The van der Waals surface area contributed by atoms with Crippen LogP contribution in [-0.2, 0) is 0 Å². The largest absolute Gasteiger partial charge is 1.00 e. The molecule has 16 heavy (non-hydrogen) atoms. The van der Waals surface area contributed by atoms with Gasteiger partial charge in [-0.15, -0.1) is 0 Å². The van der Waals surface area contributed by atoms with Crippen molar-refractivity contribution in [1.29, 1.82) is 0 Å². The summed E-state index contributed by atoms with van der Waals surface area (Å²) in [4.78, 5) is 0. The molecule has 0 atom stereocenters. The van der Waals surface area contributed by atoms with Crippen LogP contribution in [0.5, 0.6) is 5.75 Å². The van der Waals surface area contributed by atoms with Gasteiger partial charge in [0.1, 0.15) is 11.3 Å². The van der Waals surface area contributed by atoms with Crippen LogP contribution in [0.4, 0.5) is 12.9 Å². The second kappa shape index (κ2) is 5.14. The van der Waals surface area contributed by atoms with Crippen molar-refractivity contribution in [3.05, 3.63) is 24.5 Å². The summed E-state index contributed by atoms with van der Waals surface area (Å²) < 4.78 is 47.5. The molecule has 0 radical (unpaired) electrons. The van der Waals surface area contributed by atoms with Gasteiger partial charge in [0.05, 0.1) is 18.8 Å². The van der Waals surface area contributed by atoms with Crippen LogP contribution in [0.2, 0.25) is 0 Å². The van der Waals surface area contributed by atoms with Crippen LogP contribution in [0.25, 0.3) is 11.0 Å². The van der Waals surface area contributed by atoms with Gasteiger partial charge in [-0.3, -0.25) is 0 Å². The first-order valence-electron chi connectivity index (χ1n) is 4.28. The van der Waals surface area contributed by atoms with Crippen molar-refractivity contribution in [2.75, 3.05) is 7.11 Å². The molecule has 2 rings (SSSR count). The molecule has 7 heteroatoms. The number of halogens is 3. The molecule has 0 aliphatic heterocycles. The van der Waals surface area contributed by atoms with Gasteiger partial charge in [-0.05, 0) is 12.1 Å². The first-order valence-corrected chi connectivity index (χ1v) is 4.28. The maximum absolute atomic E-state index is 12.6. The Bertz CT molecular complexity index is 495. The summed E-state index contributed by atoms with van der Waals surface area (Å²) in [5.74, 6) is 0.377. The van der Waals surface area contributed by atoms with E-state index in [1.54, 1.807) is 0 Å². The number of hydrogen-bond donors (Lipinski definition) is 0. The fourth-order valence-electron chi connectivity index (χ4n) is 1.49. The monoisotopic (exact) mass is 254 g/mol. The SMILES string of the molecule is COc1ccc([B-](F)(F)F)c2occc12.[K+]. The van der Waals surface area contributed by atoms with Gasteiger partial charge in [-0.25, -0.2) is 0 Å². The quantitative estimate of drug-likeness (QED) is 0.674. The summed E-state index contributed by atoms with van der Waals surface area (Å²) in [6.45, 7) is -5.06. The van der Waals surface area contributed by atoms with Crippen molar-refractivity contribution in [3.63, 3.8) is 0 Å². The van der Waals surface area contributed by atoms with Crippen molar-refractivity contribution in [2.24, 2.45) is 0 Å². The van der Waals surface area contributed by atoms with Gasteiger partial charge in [-0.2, -0.15) is 0 Å². The molecule has 0 saturated carbocycles. The molecule has 0 saturated heterocycles. The topological polar surface area (TPSA) is 22.4 Å². The van der Waals surface area contributed by atoms with Gasteiger partial charge in [0, 0.05) is 0 Å². The predicted molar refractivity (Wildman–Crippen MR) is 51.5 cm³/mol. The minimum atomic E-state index is -5.06. The third-order valence-corrected chi connectivity index (χ3v) is 2.18. The zero-order valence-corrected chi connectivity index (χ0v) is 12.0. The fourth-order valence-corrected chi connectivity index (χ4v) is 1.49. The maximum atomic E-state index is 12.6. The second-order valence-electron chi connectivity index (χ2n) is 3.10. The molecule has 80 valence electrons. The molecule has 2 nitrogen and oxygen atoms in total. The normalized spacial score (nSPS) is 11.2. The average molecular weight is 254 g/mol. The van der Waals surface area contributed by atoms with Crippen LogP contribution in [0.15, 0.2) is 28.9 Å². The Kier molecular flexibility index (Phi) is 4.53. The zero-order chi connectivity index (χ0) is 11.1. The number of benzene rings is 1. The Hall–Kier alpha value is 0.0513. The molecule has 1 aromatic carbocycles. The van der Waals surface area contributed by atoms with Crippen molar-refractivity contribution >= 4 is 23.4 Å². The van der Waals surface area contributed by atoms with Crippen LogP contribution < -0.4 is 61.6 Å².